The molecule has 0 saturated heterocycles. The fourth-order valence-electron chi connectivity index (χ4n) is 3.72. The monoisotopic (exact) mass is 427 g/mol. The third kappa shape index (κ3) is 3.76. The van der Waals surface area contributed by atoms with E-state index < -0.39 is 23.3 Å². The van der Waals surface area contributed by atoms with Gasteiger partial charge in [0.15, 0.2) is 0 Å². The molecular weight excluding hydrogens is 407 g/mol. The Labute approximate surface area is 159 Å². The first kappa shape index (κ1) is 19.2. The van der Waals surface area contributed by atoms with Gasteiger partial charge in [-0.25, -0.2) is 13.2 Å². The van der Waals surface area contributed by atoms with E-state index >= 15 is 0 Å². The maximum atomic E-state index is 14.8. The molecule has 0 aromatic heterocycles. The van der Waals surface area contributed by atoms with Gasteiger partial charge in [0.25, 0.3) is 0 Å². The van der Waals surface area contributed by atoms with Gasteiger partial charge in [-0.2, -0.15) is 0 Å². The Hall–Kier alpha value is -1.53. The van der Waals surface area contributed by atoms with Gasteiger partial charge in [0.2, 0.25) is 0 Å². The molecule has 1 aliphatic heterocycles. The smallest absolute Gasteiger partial charge is 0.132 e. The van der Waals surface area contributed by atoms with Crippen LogP contribution < -0.4 is 0 Å². The highest BCUT2D eigenvalue weighted by molar-refractivity contribution is 9.10. The molecule has 0 bridgehead atoms. The number of halogens is 4. The molecule has 0 fully saturated rings. The summed E-state index contributed by atoms with van der Waals surface area (Å²) in [7, 11) is 0. The van der Waals surface area contributed by atoms with Crippen molar-refractivity contribution in [1.29, 1.82) is 0 Å². The van der Waals surface area contributed by atoms with E-state index in [2.05, 4.69) is 15.9 Å². The third-order valence-electron chi connectivity index (χ3n) is 4.71. The van der Waals surface area contributed by atoms with E-state index in [0.717, 1.165) is 5.56 Å². The van der Waals surface area contributed by atoms with Gasteiger partial charge >= 0.3 is 0 Å². The summed E-state index contributed by atoms with van der Waals surface area (Å²) >= 11 is 3.10. The Morgan fingerprint density at radius 1 is 1.19 bits per heavy atom. The number of fused-ring (bicyclic) bond motifs is 1. The number of hydrogen-bond acceptors (Lipinski definition) is 2. The fraction of sp³-hybridized carbons (Fsp3) is 0.400. The largest absolute Gasteiger partial charge is 0.508 e. The molecule has 1 N–H and O–H groups in total. The zero-order chi connectivity index (χ0) is 19.2. The molecule has 2 nitrogen and oxygen atoms in total. The molecule has 2 aromatic carbocycles. The normalized spacial score (nSPS) is 20.9. The van der Waals surface area contributed by atoms with Crippen molar-refractivity contribution in [3.05, 3.63) is 63.1 Å². The molecule has 0 spiro atoms. The van der Waals surface area contributed by atoms with Crippen LogP contribution in [0.5, 0.6) is 5.75 Å². The van der Waals surface area contributed by atoms with Crippen LogP contribution in [0.2, 0.25) is 0 Å². The zero-order valence-corrected chi connectivity index (χ0v) is 16.4. The van der Waals surface area contributed by atoms with Gasteiger partial charge in [-0.15, -0.1) is 0 Å². The fourth-order valence-corrected chi connectivity index (χ4v) is 4.12. The van der Waals surface area contributed by atoms with Gasteiger partial charge in [0.05, 0.1) is 6.04 Å². The average Bonchev–Trinajstić information content (AvgIpc) is 2.47. The summed E-state index contributed by atoms with van der Waals surface area (Å²) in [6, 6.07) is 6.30. The molecule has 0 radical (unpaired) electrons. The quantitative estimate of drug-likeness (QED) is 0.697. The van der Waals surface area contributed by atoms with Crippen molar-refractivity contribution in [2.75, 3.05) is 6.54 Å². The zero-order valence-electron chi connectivity index (χ0n) is 14.9. The second kappa shape index (κ2) is 6.89. The summed E-state index contributed by atoms with van der Waals surface area (Å²) in [6.45, 7) is 4.85. The van der Waals surface area contributed by atoms with Gasteiger partial charge in [-0.05, 0) is 62.6 Å². The van der Waals surface area contributed by atoms with E-state index in [4.69, 9.17) is 0 Å². The highest BCUT2D eigenvalue weighted by Crippen LogP contribution is 2.42. The molecule has 140 valence electrons. The van der Waals surface area contributed by atoms with Crippen LogP contribution in [0.3, 0.4) is 0 Å². The molecule has 3 rings (SSSR count). The van der Waals surface area contributed by atoms with Crippen molar-refractivity contribution < 1.29 is 18.3 Å². The maximum absolute atomic E-state index is 14.8. The molecule has 1 heterocycles. The van der Waals surface area contributed by atoms with Gasteiger partial charge in [-0.3, -0.25) is 4.90 Å². The van der Waals surface area contributed by atoms with Crippen LogP contribution in [0.15, 0.2) is 34.8 Å². The summed E-state index contributed by atoms with van der Waals surface area (Å²) in [5.74, 6) is -1.26. The predicted octanol–water partition coefficient (Wildman–Crippen LogP) is 5.52. The number of benzene rings is 2. The van der Waals surface area contributed by atoms with E-state index in [1.165, 1.54) is 32.0 Å². The van der Waals surface area contributed by atoms with Crippen LogP contribution in [0.4, 0.5) is 13.2 Å². The molecule has 0 saturated carbocycles. The number of phenols is 1. The predicted molar refractivity (Wildman–Crippen MR) is 99.1 cm³/mol. The van der Waals surface area contributed by atoms with Gasteiger partial charge in [0, 0.05) is 22.6 Å². The highest BCUT2D eigenvalue weighted by Gasteiger charge is 2.39. The van der Waals surface area contributed by atoms with Crippen molar-refractivity contribution >= 4 is 15.9 Å². The lowest BCUT2D eigenvalue weighted by atomic mass is 9.84. The Morgan fingerprint density at radius 2 is 1.81 bits per heavy atom. The maximum Gasteiger partial charge on any atom is 0.132 e. The molecule has 6 heteroatoms. The van der Waals surface area contributed by atoms with Crippen LogP contribution in [-0.2, 0) is 6.42 Å². The SMILES string of the molecule is C[C@@H]1Cc2cc(O)ccc2[C@@H](c2c(F)cc(Br)cc2F)N1CC(C)(C)F. The number of alkyl halides is 1. The second-order valence-corrected chi connectivity index (χ2v) is 8.43. The first-order valence-electron chi connectivity index (χ1n) is 8.47. The minimum atomic E-state index is -1.52. The molecule has 0 amide bonds. The lowest BCUT2D eigenvalue weighted by molar-refractivity contribution is 0.0652. The van der Waals surface area contributed by atoms with Gasteiger partial charge < -0.3 is 5.11 Å². The van der Waals surface area contributed by atoms with Crippen molar-refractivity contribution in [3.63, 3.8) is 0 Å². The van der Waals surface area contributed by atoms with Gasteiger partial charge in [0.1, 0.15) is 23.1 Å². The number of aromatic hydroxyl groups is 1. The molecule has 26 heavy (non-hydrogen) atoms. The van der Waals surface area contributed by atoms with Crippen LogP contribution in [0, 0.1) is 11.6 Å². The van der Waals surface area contributed by atoms with Crippen LogP contribution in [-0.4, -0.2) is 28.3 Å². The summed E-state index contributed by atoms with van der Waals surface area (Å²) in [6.07, 6.45) is 0.566. The molecule has 2 aromatic rings. The van der Waals surface area contributed by atoms with E-state index in [1.54, 1.807) is 17.0 Å². The van der Waals surface area contributed by atoms with Crippen LogP contribution >= 0.6 is 15.9 Å². The van der Waals surface area contributed by atoms with E-state index in [0.29, 0.717) is 16.5 Å². The summed E-state index contributed by atoms with van der Waals surface area (Å²) in [5, 5.41) is 9.80. The second-order valence-electron chi connectivity index (χ2n) is 7.51. The Morgan fingerprint density at radius 3 is 2.38 bits per heavy atom. The van der Waals surface area contributed by atoms with E-state index in [1.807, 2.05) is 6.92 Å². The molecular formula is C20H21BrF3NO. The lowest BCUT2D eigenvalue weighted by Crippen LogP contribution is -2.48. The summed E-state index contributed by atoms with van der Waals surface area (Å²) < 4.78 is 44.3. The minimum absolute atomic E-state index is 0.0358. The number of hydrogen-bond donors (Lipinski definition) is 1. The molecule has 1 aliphatic rings. The van der Waals surface area contributed by atoms with Crippen LogP contribution in [0.25, 0.3) is 0 Å². The molecule has 2 atom stereocenters. The number of nitrogens with zero attached hydrogens (tertiary/aromatic N) is 1. The Bertz CT molecular complexity index is 811. The topological polar surface area (TPSA) is 23.5 Å². The van der Waals surface area contributed by atoms with Crippen molar-refractivity contribution in [2.24, 2.45) is 0 Å². The minimum Gasteiger partial charge on any atom is -0.508 e. The van der Waals surface area contributed by atoms with Crippen molar-refractivity contribution in [3.8, 4) is 5.75 Å². The van der Waals surface area contributed by atoms with Crippen molar-refractivity contribution in [1.82, 2.24) is 4.90 Å². The van der Waals surface area contributed by atoms with E-state index in [-0.39, 0.29) is 23.9 Å². The Kier molecular flexibility index (Phi) is 5.10. The first-order chi connectivity index (χ1) is 12.1. The standard InChI is InChI=1S/C20H21BrF3NO/c1-11-6-12-7-14(26)4-5-15(12)19(25(11)10-20(2,3)24)18-16(22)8-13(21)9-17(18)23/h4-5,7-9,11,19,26H,6,10H2,1-3H3/t11-,19+/m1/s1. The summed E-state index contributed by atoms with van der Waals surface area (Å²) in [5.41, 5.74) is -0.123. The Balaban J connectivity index is 2.22. The van der Waals surface area contributed by atoms with Gasteiger partial charge in [-0.1, -0.05) is 22.0 Å². The molecule has 0 aliphatic carbocycles. The van der Waals surface area contributed by atoms with Crippen LogP contribution in [0.1, 0.15) is 43.5 Å². The lowest BCUT2D eigenvalue weighted by Gasteiger charge is -2.44. The van der Waals surface area contributed by atoms with E-state index in [9.17, 15) is 18.3 Å². The average molecular weight is 428 g/mol. The summed E-state index contributed by atoms with van der Waals surface area (Å²) in [4.78, 5) is 1.80. The van der Waals surface area contributed by atoms with Crippen molar-refractivity contribution in [2.45, 2.75) is 44.9 Å². The molecule has 0 unspecified atom stereocenters. The number of phenolic OH excluding ortho intramolecular Hbond substituents is 1. The highest BCUT2D eigenvalue weighted by atomic mass is 79.9. The number of rotatable bonds is 3. The third-order valence-corrected chi connectivity index (χ3v) is 5.17. The first-order valence-corrected chi connectivity index (χ1v) is 9.27.